The lowest BCUT2D eigenvalue weighted by atomic mass is 9.45. The lowest BCUT2D eigenvalue weighted by Gasteiger charge is -2.81. The summed E-state index contributed by atoms with van der Waals surface area (Å²) in [5.74, 6) is 3.50. The molecule has 2 nitrogen and oxygen atoms in total. The Balaban J connectivity index is 1.76. The van der Waals surface area contributed by atoms with Gasteiger partial charge in [0.2, 0.25) is 0 Å². The quantitative estimate of drug-likeness (QED) is 0.211. The van der Waals surface area contributed by atoms with Crippen molar-refractivity contribution >= 4 is 44.6 Å². The van der Waals surface area contributed by atoms with Crippen LogP contribution in [-0.4, -0.2) is 71.0 Å². The Labute approximate surface area is 253 Å². The van der Waals surface area contributed by atoms with Crippen molar-refractivity contribution in [2.75, 3.05) is 14.2 Å². The highest BCUT2D eigenvalue weighted by atomic mass is 29.6. The number of methoxy groups -OCH3 is 2. The SMILES string of the molecule is COC1C=CC[Si]([Si](C)(C)C)([Si](C)(C)C)C12C1CC3CC2CC(C1)C31C(OC)C=CC[Si]1([Si](C)(C)C)[Si](C)(C)C. The fourth-order valence-corrected chi connectivity index (χ4v) is 119. The second kappa shape index (κ2) is 9.60. The summed E-state index contributed by atoms with van der Waals surface area (Å²) in [5, 5.41) is 0.936. The van der Waals surface area contributed by atoms with Crippen LogP contribution in [0.5, 0.6) is 0 Å². The van der Waals surface area contributed by atoms with Gasteiger partial charge in [0.1, 0.15) is 0 Å². The van der Waals surface area contributed by atoms with E-state index in [1.54, 1.807) is 0 Å². The smallest absolute Gasteiger partial charge is 0.0785 e. The van der Waals surface area contributed by atoms with Gasteiger partial charge in [0.25, 0.3) is 0 Å². The van der Waals surface area contributed by atoms with E-state index in [4.69, 9.17) is 9.47 Å². The van der Waals surface area contributed by atoms with Gasteiger partial charge in [-0.2, -0.15) is 0 Å². The highest BCUT2D eigenvalue weighted by molar-refractivity contribution is 7.70. The van der Waals surface area contributed by atoms with Gasteiger partial charge in [0.15, 0.2) is 0 Å². The fourth-order valence-electron chi connectivity index (χ4n) is 14.8. The van der Waals surface area contributed by atoms with Crippen molar-refractivity contribution < 1.29 is 9.47 Å². The number of hydrogen-bond donors (Lipinski definition) is 0. The Bertz CT molecular complexity index is 915. The fraction of sp³-hybridized carbons (Fsp3) is 0.875. The maximum atomic E-state index is 6.72. The van der Waals surface area contributed by atoms with Crippen LogP contribution >= 0.6 is 0 Å². The molecule has 0 N–H and O–H groups in total. The topological polar surface area (TPSA) is 18.5 Å². The van der Waals surface area contributed by atoms with Crippen molar-refractivity contribution in [3.8, 4) is 0 Å². The molecule has 4 bridgehead atoms. The summed E-state index contributed by atoms with van der Waals surface area (Å²) in [7, 11) is -4.93. The van der Waals surface area contributed by atoms with E-state index in [1.165, 1.54) is 37.8 Å². The standard InChI is InChI=1S/C32H64O2Si6/c1-33-29-17-15-19-39(35(3,4)5,36(6,7)8)31(29)25-21-27-23-26(31)24-28(22-25)32(27)30(34-2)18-16-20-40(32,37(9,10)11)38(12,13)14/h15-18,25-30H,19-24H2,1-14H3. The van der Waals surface area contributed by atoms with Crippen LogP contribution in [0.15, 0.2) is 24.3 Å². The lowest BCUT2D eigenvalue weighted by Crippen LogP contribution is -2.87. The first-order valence-corrected chi connectivity index (χ1v) is 39.1. The molecule has 0 aromatic rings. The normalized spacial score (nSPS) is 42.2. The molecular formula is C32H64O2Si6. The Kier molecular flexibility index (Phi) is 7.71. The van der Waals surface area contributed by atoms with Crippen LogP contribution in [-0.2, 0) is 9.47 Å². The molecule has 2 unspecified atom stereocenters. The van der Waals surface area contributed by atoms with Gasteiger partial charge in [-0.15, -0.1) is 0 Å². The largest absolute Gasteiger partial charge is 0.377 e. The van der Waals surface area contributed by atoms with E-state index in [9.17, 15) is 0 Å². The summed E-state index contributed by atoms with van der Waals surface area (Å²) in [5.41, 5.74) is 0. The molecule has 6 rings (SSSR count). The molecule has 0 aromatic heterocycles. The molecule has 228 valence electrons. The van der Waals surface area contributed by atoms with Gasteiger partial charge in [0.05, 0.1) is 26.4 Å². The van der Waals surface area contributed by atoms with Crippen molar-refractivity contribution in [2.45, 2.75) is 139 Å². The summed E-state index contributed by atoms with van der Waals surface area (Å²) in [6.45, 7) is 33.7. The van der Waals surface area contributed by atoms with Crippen molar-refractivity contribution in [1.82, 2.24) is 0 Å². The van der Waals surface area contributed by atoms with Gasteiger partial charge in [-0.25, -0.2) is 0 Å². The van der Waals surface area contributed by atoms with Gasteiger partial charge in [-0.1, -0.05) is 103 Å². The summed E-state index contributed by atoms with van der Waals surface area (Å²) < 4.78 is 13.4. The zero-order chi connectivity index (χ0) is 29.9. The van der Waals surface area contributed by atoms with Crippen LogP contribution in [0, 0.1) is 23.7 Å². The Hall–Kier alpha value is 0.701. The molecule has 4 aliphatic carbocycles. The van der Waals surface area contributed by atoms with E-state index in [0.29, 0.717) is 22.3 Å². The van der Waals surface area contributed by atoms with E-state index in [1.807, 2.05) is 0 Å². The minimum absolute atomic E-state index is 0.359. The molecule has 6 aliphatic rings. The van der Waals surface area contributed by atoms with Crippen LogP contribution in [0.1, 0.15) is 25.7 Å². The molecule has 4 fully saturated rings. The van der Waals surface area contributed by atoms with E-state index >= 15 is 0 Å². The molecule has 4 saturated carbocycles. The molecule has 8 heteroatoms. The summed E-state index contributed by atoms with van der Waals surface area (Å²) in [4.78, 5) is 0. The lowest BCUT2D eigenvalue weighted by molar-refractivity contribution is -0.128. The Morgan fingerprint density at radius 1 is 0.500 bits per heavy atom. The minimum atomic E-state index is -1.67. The van der Waals surface area contributed by atoms with E-state index in [0.717, 1.165) is 23.7 Å². The molecule has 0 saturated heterocycles. The monoisotopic (exact) mass is 648 g/mol. The molecule has 0 amide bonds. The van der Waals surface area contributed by atoms with Gasteiger partial charge >= 0.3 is 0 Å². The second-order valence-corrected chi connectivity index (χ2v) is 74.4. The molecule has 2 heterocycles. The van der Waals surface area contributed by atoms with Gasteiger partial charge < -0.3 is 9.47 Å². The van der Waals surface area contributed by atoms with E-state index in [2.05, 4.69) is 117 Å². The highest BCUT2D eigenvalue weighted by Gasteiger charge is 2.82. The van der Waals surface area contributed by atoms with Crippen LogP contribution in [0.25, 0.3) is 0 Å². The van der Waals surface area contributed by atoms with E-state index < -0.39 is 44.6 Å². The molecule has 0 aromatic carbocycles. The van der Waals surface area contributed by atoms with Crippen LogP contribution < -0.4 is 0 Å². The molecule has 0 radical (unpaired) electrons. The molecule has 2 atom stereocenters. The molecular weight excluding hydrogens is 585 g/mol. The van der Waals surface area contributed by atoms with Crippen molar-refractivity contribution in [3.63, 3.8) is 0 Å². The van der Waals surface area contributed by atoms with Crippen LogP contribution in [0.2, 0.25) is 101 Å². The molecule has 40 heavy (non-hydrogen) atoms. The number of allylic oxidation sites excluding steroid dienone is 2. The number of ether oxygens (including phenoxy) is 2. The van der Waals surface area contributed by atoms with Crippen molar-refractivity contribution in [2.24, 2.45) is 23.7 Å². The summed E-state index contributed by atoms with van der Waals surface area (Å²) >= 11 is 0. The third kappa shape index (κ3) is 3.54. The number of rotatable bonds is 6. The minimum Gasteiger partial charge on any atom is -0.377 e. The van der Waals surface area contributed by atoms with E-state index in [-0.39, 0.29) is 0 Å². The first-order valence-electron chi connectivity index (χ1n) is 16.6. The first kappa shape index (κ1) is 32.1. The zero-order valence-corrected chi connectivity index (χ0v) is 34.8. The average molecular weight is 649 g/mol. The predicted molar refractivity (Wildman–Crippen MR) is 192 cm³/mol. The molecule has 2 spiro atoms. The maximum absolute atomic E-state index is 6.72. The second-order valence-electron chi connectivity index (χ2n) is 19.0. The van der Waals surface area contributed by atoms with Crippen LogP contribution in [0.4, 0.5) is 0 Å². The first-order chi connectivity index (χ1) is 18.3. The van der Waals surface area contributed by atoms with Gasteiger partial charge in [-0.3, -0.25) is 0 Å². The Morgan fingerprint density at radius 2 is 0.750 bits per heavy atom. The Morgan fingerprint density at radius 3 is 0.950 bits per heavy atom. The van der Waals surface area contributed by atoms with Gasteiger partial charge in [-0.05, 0) is 71.5 Å². The zero-order valence-electron chi connectivity index (χ0n) is 28.8. The summed E-state index contributed by atoms with van der Waals surface area (Å²) in [6, 6.07) is 2.91. The van der Waals surface area contributed by atoms with Gasteiger partial charge in [0, 0.05) is 44.6 Å². The summed E-state index contributed by atoms with van der Waals surface area (Å²) in [6.07, 6.45) is 17.1. The number of hydrogen-bond acceptors (Lipinski definition) is 2. The third-order valence-electron chi connectivity index (χ3n) is 14.5. The van der Waals surface area contributed by atoms with Crippen molar-refractivity contribution in [3.05, 3.63) is 24.3 Å². The molecule has 2 aliphatic heterocycles. The van der Waals surface area contributed by atoms with Crippen molar-refractivity contribution in [1.29, 1.82) is 0 Å². The predicted octanol–water partition coefficient (Wildman–Crippen LogP) is 9.27. The van der Waals surface area contributed by atoms with Crippen LogP contribution in [0.3, 0.4) is 0 Å². The third-order valence-corrected chi connectivity index (χ3v) is 97.0. The highest BCUT2D eigenvalue weighted by Crippen LogP contribution is 2.83. The average Bonchev–Trinajstić information content (AvgIpc) is 2.80. The maximum Gasteiger partial charge on any atom is 0.0785 e.